The average Bonchev–Trinajstić information content (AvgIpc) is 3.39. The summed E-state index contributed by atoms with van der Waals surface area (Å²) >= 11 is 0. The third-order valence-electron chi connectivity index (χ3n) is 15.5. The number of aliphatic hydroxyl groups is 11. The quantitative estimate of drug-likeness (QED) is 0.0231. The Bertz CT molecular complexity index is 1730. The van der Waals surface area contributed by atoms with Gasteiger partial charge in [-0.1, -0.05) is 177 Å². The molecule has 3 heterocycles. The molecule has 0 aromatic carbocycles. The van der Waals surface area contributed by atoms with Crippen LogP contribution >= 0.6 is 0 Å². The molecule has 0 aromatic heterocycles. The summed E-state index contributed by atoms with van der Waals surface area (Å²) in [6, 6.07) is -1.00. The lowest BCUT2D eigenvalue weighted by molar-refractivity contribution is -0.379. The third-order valence-corrected chi connectivity index (χ3v) is 15.5. The lowest BCUT2D eigenvalue weighted by Crippen LogP contribution is -2.66. The Morgan fingerprint density at radius 2 is 0.817 bits per heavy atom. The van der Waals surface area contributed by atoms with E-state index in [0.29, 0.717) is 12.8 Å². The molecule has 17 atom stereocenters. The van der Waals surface area contributed by atoms with Crippen LogP contribution in [0.3, 0.4) is 0 Å². The maximum absolute atomic E-state index is 13.3. The number of ether oxygens (including phenoxy) is 6. The second-order valence-corrected chi connectivity index (χ2v) is 22.5. The van der Waals surface area contributed by atoms with Crippen molar-refractivity contribution in [1.82, 2.24) is 5.32 Å². The molecule has 82 heavy (non-hydrogen) atoms. The fourth-order valence-electron chi connectivity index (χ4n) is 10.3. The van der Waals surface area contributed by atoms with Crippen molar-refractivity contribution in [1.29, 1.82) is 0 Å². The van der Waals surface area contributed by atoms with E-state index in [1.54, 1.807) is 6.08 Å². The Morgan fingerprint density at radius 3 is 1.32 bits per heavy atom. The molecule has 476 valence electrons. The minimum atomic E-state index is -1.98. The van der Waals surface area contributed by atoms with Crippen molar-refractivity contribution in [3.05, 3.63) is 60.8 Å². The Balaban J connectivity index is 1.51. The summed E-state index contributed by atoms with van der Waals surface area (Å²) in [6.45, 7) is 1.66. The number of amides is 1. The highest BCUT2D eigenvalue weighted by molar-refractivity contribution is 5.76. The number of carbonyl (C=O) groups is 1. The van der Waals surface area contributed by atoms with Crippen molar-refractivity contribution in [2.75, 3.05) is 26.4 Å². The van der Waals surface area contributed by atoms with Gasteiger partial charge in [-0.3, -0.25) is 4.79 Å². The minimum Gasteiger partial charge on any atom is -0.394 e. The van der Waals surface area contributed by atoms with E-state index in [1.165, 1.54) is 103 Å². The first kappa shape index (κ1) is 73.7. The minimum absolute atomic E-state index is 0.225. The summed E-state index contributed by atoms with van der Waals surface area (Å²) in [4.78, 5) is 13.3. The molecule has 3 aliphatic heterocycles. The van der Waals surface area contributed by atoms with Crippen molar-refractivity contribution < 1.29 is 89.4 Å². The standard InChI is InChI=1S/C63H111NO18/c1-3-5-7-9-11-13-15-17-19-21-23-25-27-29-31-33-35-37-39-41-51(69)64-46(47(68)40-38-36-34-32-30-28-26-24-22-20-18-16-14-12-10-8-6-4-2)45-77-61-57(75)54(72)59(49(43-66)79-61)82-63-58(76)55(73)60(50(44-67)80-63)81-62-56(74)53(71)52(70)48(42-65)78-62/h11,13,17,19,22,24,30,32,38,40,46-50,52-63,65-68,70-76H,3-10,12,14-16,18,20-21,23,25-29,31,33-37,39,41-45H2,1-2H3,(H,64,69)/b13-11-,19-17-,24-22+,32-30+,40-38+. The molecule has 19 nitrogen and oxygen atoms in total. The number of aliphatic hydroxyl groups excluding tert-OH is 11. The fourth-order valence-corrected chi connectivity index (χ4v) is 10.3. The normalized spacial score (nSPS) is 30.0. The van der Waals surface area contributed by atoms with Gasteiger partial charge in [0.2, 0.25) is 5.91 Å². The van der Waals surface area contributed by atoms with Gasteiger partial charge in [0.15, 0.2) is 18.9 Å². The van der Waals surface area contributed by atoms with E-state index in [1.807, 2.05) is 6.08 Å². The molecule has 12 N–H and O–H groups in total. The molecule has 0 saturated carbocycles. The van der Waals surface area contributed by atoms with E-state index in [2.05, 4.69) is 67.8 Å². The molecule has 3 aliphatic rings. The number of allylic oxidation sites excluding steroid dienone is 9. The third kappa shape index (κ3) is 28.8. The highest BCUT2D eigenvalue weighted by Gasteiger charge is 2.53. The van der Waals surface area contributed by atoms with Gasteiger partial charge in [0.1, 0.15) is 73.2 Å². The van der Waals surface area contributed by atoms with E-state index >= 15 is 0 Å². The Morgan fingerprint density at radius 1 is 0.439 bits per heavy atom. The maximum Gasteiger partial charge on any atom is 0.220 e. The van der Waals surface area contributed by atoms with Gasteiger partial charge in [-0.2, -0.15) is 0 Å². The molecule has 0 aromatic rings. The zero-order chi connectivity index (χ0) is 59.7. The average molecular weight is 1170 g/mol. The van der Waals surface area contributed by atoms with Crippen LogP contribution in [0.1, 0.15) is 200 Å². The van der Waals surface area contributed by atoms with E-state index in [4.69, 9.17) is 28.4 Å². The van der Waals surface area contributed by atoms with Crippen LogP contribution in [0.2, 0.25) is 0 Å². The molecule has 3 saturated heterocycles. The lowest BCUT2D eigenvalue weighted by Gasteiger charge is -2.48. The van der Waals surface area contributed by atoms with Gasteiger partial charge in [0, 0.05) is 6.42 Å². The first-order chi connectivity index (χ1) is 39.8. The highest BCUT2D eigenvalue weighted by Crippen LogP contribution is 2.33. The number of hydrogen-bond acceptors (Lipinski definition) is 18. The molecule has 19 heteroatoms. The number of carbonyl (C=O) groups excluding carboxylic acids is 1. The topological polar surface area (TPSA) is 307 Å². The van der Waals surface area contributed by atoms with Gasteiger partial charge in [-0.25, -0.2) is 0 Å². The summed E-state index contributed by atoms with van der Waals surface area (Å²) in [7, 11) is 0. The van der Waals surface area contributed by atoms with Gasteiger partial charge >= 0.3 is 0 Å². The summed E-state index contributed by atoms with van der Waals surface area (Å²) in [5, 5.41) is 120. The monoisotopic (exact) mass is 1170 g/mol. The molecule has 3 rings (SSSR count). The largest absolute Gasteiger partial charge is 0.394 e. The van der Waals surface area contributed by atoms with Crippen molar-refractivity contribution in [2.24, 2.45) is 0 Å². The molecule has 3 fully saturated rings. The van der Waals surface area contributed by atoms with Crippen LogP contribution in [0.4, 0.5) is 0 Å². The SMILES string of the molecule is CCCCC/C=C\C/C=C\CCCCCCCCCCCC(=O)NC(COC1OC(CO)C(OC2OC(CO)C(OC3OC(CO)C(O)C(O)C3O)C(O)C2O)C(O)C1O)C(O)/C=C/CC/C=C/CC/C=C/CCCCCCCCCC. The number of nitrogens with one attached hydrogen (secondary N) is 1. The van der Waals surface area contributed by atoms with Gasteiger partial charge in [-0.05, 0) is 77.0 Å². The van der Waals surface area contributed by atoms with E-state index in [9.17, 15) is 61.0 Å². The maximum atomic E-state index is 13.3. The van der Waals surface area contributed by atoms with Gasteiger partial charge < -0.3 is 89.9 Å². The van der Waals surface area contributed by atoms with Crippen LogP contribution in [0, 0.1) is 0 Å². The molecule has 1 amide bonds. The zero-order valence-corrected chi connectivity index (χ0v) is 49.7. The first-order valence-corrected chi connectivity index (χ1v) is 31.5. The molecule has 0 spiro atoms. The molecule has 17 unspecified atom stereocenters. The summed E-state index contributed by atoms with van der Waals surface area (Å²) in [5.41, 5.74) is 0. The van der Waals surface area contributed by atoms with E-state index in [-0.39, 0.29) is 18.9 Å². The van der Waals surface area contributed by atoms with Crippen LogP contribution in [-0.2, 0) is 33.2 Å². The first-order valence-electron chi connectivity index (χ1n) is 31.5. The van der Waals surface area contributed by atoms with Gasteiger partial charge in [0.05, 0.1) is 38.6 Å². The van der Waals surface area contributed by atoms with Crippen LogP contribution in [-0.4, -0.2) is 193 Å². The molecule has 0 radical (unpaired) electrons. The number of unbranched alkanes of at least 4 members (excludes halogenated alkanes) is 22. The molecule has 0 aliphatic carbocycles. The van der Waals surface area contributed by atoms with Crippen molar-refractivity contribution >= 4 is 5.91 Å². The second-order valence-electron chi connectivity index (χ2n) is 22.5. The van der Waals surface area contributed by atoms with E-state index in [0.717, 1.165) is 64.2 Å². The second kappa shape index (κ2) is 45.8. The van der Waals surface area contributed by atoms with Crippen molar-refractivity contribution in [2.45, 2.75) is 304 Å². The number of rotatable bonds is 46. The zero-order valence-electron chi connectivity index (χ0n) is 49.7. The Kier molecular flexibility index (Phi) is 41.2. The Labute approximate surface area is 490 Å². The van der Waals surface area contributed by atoms with Gasteiger partial charge in [0.25, 0.3) is 0 Å². The Hall–Kier alpha value is -2.51. The lowest BCUT2D eigenvalue weighted by atomic mass is 9.96. The smallest absolute Gasteiger partial charge is 0.220 e. The molecule has 0 bridgehead atoms. The van der Waals surface area contributed by atoms with Crippen molar-refractivity contribution in [3.8, 4) is 0 Å². The predicted molar refractivity (Wildman–Crippen MR) is 314 cm³/mol. The van der Waals surface area contributed by atoms with E-state index < -0.39 is 124 Å². The van der Waals surface area contributed by atoms with Crippen LogP contribution in [0.15, 0.2) is 60.8 Å². The highest BCUT2D eigenvalue weighted by atomic mass is 16.8. The predicted octanol–water partition coefficient (Wildman–Crippen LogP) is 6.43. The van der Waals surface area contributed by atoms with Crippen LogP contribution in [0.5, 0.6) is 0 Å². The molecular weight excluding hydrogens is 1060 g/mol. The van der Waals surface area contributed by atoms with Crippen LogP contribution in [0.25, 0.3) is 0 Å². The fraction of sp³-hybridized carbons (Fsp3) is 0.825. The van der Waals surface area contributed by atoms with Crippen molar-refractivity contribution in [3.63, 3.8) is 0 Å². The molecular formula is C63H111NO18. The summed E-state index contributed by atoms with van der Waals surface area (Å²) in [5.74, 6) is -0.296. The summed E-state index contributed by atoms with van der Waals surface area (Å²) in [6.07, 6.45) is 26.2. The summed E-state index contributed by atoms with van der Waals surface area (Å²) < 4.78 is 34.2. The van der Waals surface area contributed by atoms with Crippen LogP contribution < -0.4 is 5.32 Å². The van der Waals surface area contributed by atoms with Gasteiger partial charge in [-0.15, -0.1) is 0 Å². The number of hydrogen-bond donors (Lipinski definition) is 12.